The average Bonchev–Trinajstić information content (AvgIpc) is 3.09. The van der Waals surface area contributed by atoms with Crippen LogP contribution in [0.15, 0.2) is 53.6 Å². The molecule has 2 N–H and O–H groups in total. The van der Waals surface area contributed by atoms with Crippen LogP contribution in [0.4, 0.5) is 5.69 Å². The molecule has 1 atom stereocenters. The third-order valence-corrected chi connectivity index (χ3v) is 5.09. The van der Waals surface area contributed by atoms with Gasteiger partial charge < -0.3 is 19.9 Å². The van der Waals surface area contributed by atoms with Gasteiger partial charge in [-0.1, -0.05) is 6.08 Å². The molecule has 4 rings (SSSR count). The molecule has 0 aliphatic carbocycles. The third-order valence-electron chi connectivity index (χ3n) is 5.09. The summed E-state index contributed by atoms with van der Waals surface area (Å²) in [6, 6.07) is 5.66. The molecule has 0 saturated heterocycles. The van der Waals surface area contributed by atoms with Crippen molar-refractivity contribution in [3.63, 3.8) is 0 Å². The van der Waals surface area contributed by atoms with Crippen LogP contribution in [0.5, 0.6) is 0 Å². The van der Waals surface area contributed by atoms with E-state index in [1.54, 1.807) is 25.4 Å². The molecule has 0 saturated carbocycles. The maximum Gasteiger partial charge on any atom is 0.257 e. The Morgan fingerprint density at radius 2 is 2.17 bits per heavy atom. The molecular formula is C22H26N6O2. The zero-order valence-corrected chi connectivity index (χ0v) is 17.6. The van der Waals surface area contributed by atoms with Crippen molar-refractivity contribution >= 4 is 16.7 Å². The number of hydrogen-bond acceptors (Lipinski definition) is 6. The Kier molecular flexibility index (Phi) is 5.41. The lowest BCUT2D eigenvalue weighted by atomic mass is 10.1. The Balaban J connectivity index is 1.81. The number of methoxy groups -OCH3 is 1. The van der Waals surface area contributed by atoms with E-state index in [0.29, 0.717) is 17.9 Å². The summed E-state index contributed by atoms with van der Waals surface area (Å²) in [6.45, 7) is 6.64. The van der Waals surface area contributed by atoms with E-state index in [1.807, 2.05) is 47.0 Å². The van der Waals surface area contributed by atoms with Gasteiger partial charge in [0.15, 0.2) is 0 Å². The predicted molar refractivity (Wildman–Crippen MR) is 118 cm³/mol. The lowest BCUT2D eigenvalue weighted by Crippen LogP contribution is -2.36. The highest BCUT2D eigenvalue weighted by molar-refractivity contribution is 5.92. The second-order valence-corrected chi connectivity index (χ2v) is 7.49. The summed E-state index contributed by atoms with van der Waals surface area (Å²) in [6.07, 6.45) is 9.37. The largest absolute Gasteiger partial charge is 0.366 e. The first-order valence-corrected chi connectivity index (χ1v) is 9.95. The molecule has 8 nitrogen and oxygen atoms in total. The minimum Gasteiger partial charge on any atom is -0.366 e. The summed E-state index contributed by atoms with van der Waals surface area (Å²) in [5.74, 6) is 0. The molecule has 1 unspecified atom stereocenters. The van der Waals surface area contributed by atoms with Gasteiger partial charge in [-0.15, -0.1) is 0 Å². The molecule has 0 radical (unpaired) electrons. The van der Waals surface area contributed by atoms with Gasteiger partial charge >= 0.3 is 0 Å². The van der Waals surface area contributed by atoms with E-state index in [0.717, 1.165) is 22.4 Å². The molecule has 1 aliphatic rings. The van der Waals surface area contributed by atoms with Crippen LogP contribution in [-0.4, -0.2) is 44.7 Å². The molecule has 0 spiro atoms. The predicted octanol–water partition coefficient (Wildman–Crippen LogP) is 3.40. The number of rotatable bonds is 6. The van der Waals surface area contributed by atoms with E-state index in [1.165, 1.54) is 0 Å². The molecule has 30 heavy (non-hydrogen) atoms. The van der Waals surface area contributed by atoms with Crippen LogP contribution in [0.25, 0.3) is 22.3 Å². The van der Waals surface area contributed by atoms with Crippen molar-refractivity contribution in [2.45, 2.75) is 33.0 Å². The summed E-state index contributed by atoms with van der Waals surface area (Å²) < 4.78 is 7.50. The topological polar surface area (TPSA) is 88.1 Å². The van der Waals surface area contributed by atoms with E-state index >= 15 is 0 Å². The van der Waals surface area contributed by atoms with Gasteiger partial charge in [0.2, 0.25) is 0 Å². The zero-order valence-electron chi connectivity index (χ0n) is 17.6. The maximum absolute atomic E-state index is 12.4. The van der Waals surface area contributed by atoms with Crippen molar-refractivity contribution in [2.24, 2.45) is 0 Å². The van der Waals surface area contributed by atoms with Crippen LogP contribution in [0.3, 0.4) is 0 Å². The number of nitrogens with zero attached hydrogens (tertiary/aromatic N) is 4. The molecule has 1 aliphatic heterocycles. The van der Waals surface area contributed by atoms with Crippen LogP contribution in [0, 0.1) is 6.92 Å². The smallest absolute Gasteiger partial charge is 0.257 e. The number of anilines is 1. The highest BCUT2D eigenvalue weighted by Crippen LogP contribution is 2.31. The fraction of sp³-hybridized carbons (Fsp3) is 0.318. The molecule has 3 aromatic rings. The molecule has 0 fully saturated rings. The maximum atomic E-state index is 12.4. The molecule has 0 amide bonds. The summed E-state index contributed by atoms with van der Waals surface area (Å²) in [5, 5.41) is 8.21. The minimum absolute atomic E-state index is 0.145. The van der Waals surface area contributed by atoms with E-state index in [-0.39, 0.29) is 17.8 Å². The van der Waals surface area contributed by atoms with E-state index in [2.05, 4.69) is 24.1 Å². The number of H-pyrrole nitrogens is 1. The van der Waals surface area contributed by atoms with Crippen LogP contribution in [-0.2, 0) is 4.74 Å². The standard InChI is InChI=1S/C22H26N6O2/c1-14(2)28-21-18(24-13-27-11-6-5-9-19(27)30-4)12-17(25-20(21)15(3)26-28)16-8-7-10-23-22(16)29/h5-12,14,19H,13H2,1-4H3,(H,23,29)(H,24,25). The average molecular weight is 406 g/mol. The summed E-state index contributed by atoms with van der Waals surface area (Å²) in [4.78, 5) is 21.9. The Morgan fingerprint density at radius 1 is 1.33 bits per heavy atom. The van der Waals surface area contributed by atoms with Gasteiger partial charge in [-0.25, -0.2) is 4.98 Å². The minimum atomic E-state index is -0.173. The van der Waals surface area contributed by atoms with Gasteiger partial charge in [0.25, 0.3) is 5.56 Å². The van der Waals surface area contributed by atoms with Crippen LogP contribution in [0.2, 0.25) is 0 Å². The van der Waals surface area contributed by atoms with Gasteiger partial charge in [-0.2, -0.15) is 5.10 Å². The molecule has 8 heteroatoms. The van der Waals surface area contributed by atoms with Crippen molar-refractivity contribution in [3.8, 4) is 11.3 Å². The van der Waals surface area contributed by atoms with Crippen molar-refractivity contribution in [3.05, 3.63) is 64.9 Å². The van der Waals surface area contributed by atoms with Crippen LogP contribution in [0.1, 0.15) is 25.6 Å². The quantitative estimate of drug-likeness (QED) is 0.652. The lowest BCUT2D eigenvalue weighted by Gasteiger charge is -2.29. The zero-order chi connectivity index (χ0) is 21.3. The number of fused-ring (bicyclic) bond motifs is 1. The van der Waals surface area contributed by atoms with Crippen molar-refractivity contribution in [1.29, 1.82) is 0 Å². The SMILES string of the molecule is COC1C=CC=CN1CNc1cc(-c2ccc[nH]c2=O)nc2c(C)nn(C(C)C)c12. The molecular weight excluding hydrogens is 380 g/mol. The summed E-state index contributed by atoms with van der Waals surface area (Å²) >= 11 is 0. The van der Waals surface area contributed by atoms with Gasteiger partial charge in [-0.05, 0) is 51.1 Å². The first-order chi connectivity index (χ1) is 14.5. The van der Waals surface area contributed by atoms with Gasteiger partial charge in [0, 0.05) is 25.5 Å². The normalized spacial score (nSPS) is 16.0. The number of nitrogens with one attached hydrogen (secondary N) is 2. The Morgan fingerprint density at radius 3 is 2.90 bits per heavy atom. The first-order valence-electron chi connectivity index (χ1n) is 9.95. The van der Waals surface area contributed by atoms with Crippen LogP contribution < -0.4 is 10.9 Å². The van der Waals surface area contributed by atoms with Gasteiger partial charge in [0.05, 0.1) is 29.3 Å². The van der Waals surface area contributed by atoms with Gasteiger partial charge in [-0.3, -0.25) is 9.48 Å². The van der Waals surface area contributed by atoms with Crippen LogP contribution >= 0.6 is 0 Å². The number of pyridine rings is 2. The number of ether oxygens (including phenoxy) is 1. The van der Waals surface area contributed by atoms with Crippen molar-refractivity contribution in [1.82, 2.24) is 24.6 Å². The van der Waals surface area contributed by atoms with Crippen molar-refractivity contribution in [2.75, 3.05) is 19.1 Å². The molecule has 3 aromatic heterocycles. The highest BCUT2D eigenvalue weighted by Gasteiger charge is 2.20. The Bertz CT molecular complexity index is 1170. The summed E-state index contributed by atoms with van der Waals surface area (Å²) in [5.41, 5.74) is 4.35. The van der Waals surface area contributed by atoms with Gasteiger partial charge in [0.1, 0.15) is 17.3 Å². The Labute approximate surface area is 174 Å². The van der Waals surface area contributed by atoms with E-state index in [9.17, 15) is 4.79 Å². The fourth-order valence-corrected chi connectivity index (χ4v) is 3.60. The Hall–Kier alpha value is -3.39. The lowest BCUT2D eigenvalue weighted by molar-refractivity contribution is 0.0343. The number of hydrogen-bond donors (Lipinski definition) is 2. The number of aromatic amines is 1. The molecule has 0 aromatic carbocycles. The van der Waals surface area contributed by atoms with E-state index < -0.39 is 0 Å². The second kappa shape index (κ2) is 8.16. The third kappa shape index (κ3) is 3.61. The molecule has 4 heterocycles. The van der Waals surface area contributed by atoms with E-state index in [4.69, 9.17) is 14.8 Å². The summed E-state index contributed by atoms with van der Waals surface area (Å²) in [7, 11) is 1.68. The number of aromatic nitrogens is 4. The fourth-order valence-electron chi connectivity index (χ4n) is 3.60. The highest BCUT2D eigenvalue weighted by atomic mass is 16.5. The monoisotopic (exact) mass is 406 g/mol. The number of aryl methyl sites for hydroxylation is 1. The second-order valence-electron chi connectivity index (χ2n) is 7.49. The number of allylic oxidation sites excluding steroid dienone is 2. The first kappa shape index (κ1) is 19.9. The molecule has 156 valence electrons. The molecule has 0 bridgehead atoms. The van der Waals surface area contributed by atoms with Crippen molar-refractivity contribution < 1.29 is 4.74 Å².